The van der Waals surface area contributed by atoms with Crippen molar-refractivity contribution >= 4 is 9.84 Å². The lowest BCUT2D eigenvalue weighted by Crippen LogP contribution is -2.34. The maximum absolute atomic E-state index is 14.0. The van der Waals surface area contributed by atoms with Gasteiger partial charge in [-0.05, 0) is 60.6 Å². The lowest BCUT2D eigenvalue weighted by atomic mass is 9.97. The van der Waals surface area contributed by atoms with Gasteiger partial charge >= 0.3 is 6.18 Å². The molecule has 0 fully saturated rings. The first-order valence-electron chi connectivity index (χ1n) is 9.36. The fraction of sp³-hybridized carbons (Fsp3) is 0.333. The maximum atomic E-state index is 14.0. The van der Waals surface area contributed by atoms with Crippen LogP contribution in [-0.2, 0) is 16.0 Å². The van der Waals surface area contributed by atoms with Crippen LogP contribution in [0.3, 0.4) is 0 Å². The van der Waals surface area contributed by atoms with E-state index in [0.29, 0.717) is 24.6 Å². The largest absolute Gasteiger partial charge is 0.419 e. The molecule has 0 bridgehead atoms. The summed E-state index contributed by atoms with van der Waals surface area (Å²) in [6.07, 6.45) is -2.78. The van der Waals surface area contributed by atoms with Crippen molar-refractivity contribution in [3.63, 3.8) is 0 Å². The molecule has 30 heavy (non-hydrogen) atoms. The summed E-state index contributed by atoms with van der Waals surface area (Å²) in [5, 5.41) is 2.06. The Morgan fingerprint density at radius 2 is 1.80 bits per heavy atom. The van der Waals surface area contributed by atoms with Crippen LogP contribution in [0.4, 0.5) is 22.0 Å². The van der Waals surface area contributed by atoms with Gasteiger partial charge in [-0.3, -0.25) is 5.32 Å². The molecule has 1 aliphatic heterocycles. The summed E-state index contributed by atoms with van der Waals surface area (Å²) in [5.74, 6) is -3.63. The standard InChI is InChI=1S/C21H18F5NO2S/c1-11-5-6-12(14-7-8-16(22)19(23)18(14)21(24,25)26)9-17(11)30(28,29)20-15-4-2-3-13(15)10-27-20/h5-9,20,27H,2-4,10H2,1H3. The lowest BCUT2D eigenvalue weighted by Gasteiger charge is -2.19. The molecule has 0 radical (unpaired) electrons. The first-order chi connectivity index (χ1) is 14.0. The van der Waals surface area contributed by atoms with Crippen molar-refractivity contribution in [2.75, 3.05) is 6.54 Å². The maximum Gasteiger partial charge on any atom is 0.419 e. The number of hydrogen-bond donors (Lipinski definition) is 1. The number of sulfone groups is 1. The van der Waals surface area contributed by atoms with E-state index < -0.39 is 44.1 Å². The van der Waals surface area contributed by atoms with E-state index in [9.17, 15) is 30.4 Å². The van der Waals surface area contributed by atoms with Crippen LogP contribution in [0.2, 0.25) is 0 Å². The molecular weight excluding hydrogens is 425 g/mol. The highest BCUT2D eigenvalue weighted by molar-refractivity contribution is 7.92. The van der Waals surface area contributed by atoms with Gasteiger partial charge in [-0.1, -0.05) is 23.8 Å². The van der Waals surface area contributed by atoms with Crippen molar-refractivity contribution in [1.82, 2.24) is 5.32 Å². The van der Waals surface area contributed by atoms with Crippen molar-refractivity contribution in [1.29, 1.82) is 0 Å². The molecule has 4 rings (SSSR count). The predicted octanol–water partition coefficient (Wildman–Crippen LogP) is 5.14. The summed E-state index contributed by atoms with van der Waals surface area (Å²) in [7, 11) is -3.94. The summed E-state index contributed by atoms with van der Waals surface area (Å²) in [5.41, 5.74) is -0.263. The van der Waals surface area contributed by atoms with E-state index in [0.717, 1.165) is 36.1 Å². The fourth-order valence-electron chi connectivity index (χ4n) is 4.25. The molecule has 9 heteroatoms. The van der Waals surface area contributed by atoms with Gasteiger partial charge < -0.3 is 0 Å². The molecule has 1 unspecified atom stereocenters. The second kappa shape index (κ2) is 7.16. The highest BCUT2D eigenvalue weighted by atomic mass is 32.2. The quantitative estimate of drug-likeness (QED) is 0.528. The molecular formula is C21H18F5NO2S. The fourth-order valence-corrected chi connectivity index (χ4v) is 6.28. The summed E-state index contributed by atoms with van der Waals surface area (Å²) in [6, 6.07) is 5.18. The van der Waals surface area contributed by atoms with Crippen LogP contribution in [0.5, 0.6) is 0 Å². The van der Waals surface area contributed by atoms with E-state index in [2.05, 4.69) is 5.32 Å². The third kappa shape index (κ3) is 3.33. The Labute approximate surface area is 170 Å². The average molecular weight is 443 g/mol. The Bertz CT molecular complexity index is 1170. The number of nitrogens with one attached hydrogen (secondary N) is 1. The van der Waals surface area contributed by atoms with E-state index >= 15 is 0 Å². The second-order valence-electron chi connectivity index (χ2n) is 7.55. The Morgan fingerprint density at radius 1 is 1.07 bits per heavy atom. The summed E-state index contributed by atoms with van der Waals surface area (Å²) in [6.45, 7) is 2.02. The van der Waals surface area contributed by atoms with Crippen LogP contribution in [0.1, 0.15) is 30.4 Å². The molecule has 0 saturated heterocycles. The predicted molar refractivity (Wildman–Crippen MR) is 101 cm³/mol. The highest BCUT2D eigenvalue weighted by Gasteiger charge is 2.40. The number of rotatable bonds is 3. The van der Waals surface area contributed by atoms with Crippen LogP contribution in [0.25, 0.3) is 11.1 Å². The zero-order valence-corrected chi connectivity index (χ0v) is 16.7. The van der Waals surface area contributed by atoms with Gasteiger partial charge in [0.2, 0.25) is 0 Å². The van der Waals surface area contributed by atoms with E-state index in [1.165, 1.54) is 12.1 Å². The average Bonchev–Trinajstić information content (AvgIpc) is 3.26. The molecule has 0 spiro atoms. The Kier molecular flexibility index (Phi) is 5.01. The lowest BCUT2D eigenvalue weighted by molar-refractivity contribution is -0.139. The zero-order valence-electron chi connectivity index (χ0n) is 15.9. The molecule has 0 saturated carbocycles. The monoisotopic (exact) mass is 443 g/mol. The topological polar surface area (TPSA) is 46.2 Å². The van der Waals surface area contributed by atoms with Crippen molar-refractivity contribution < 1.29 is 30.4 Å². The van der Waals surface area contributed by atoms with Crippen LogP contribution >= 0.6 is 0 Å². The number of halogens is 5. The third-order valence-corrected chi connectivity index (χ3v) is 7.82. The SMILES string of the molecule is Cc1ccc(-c2ccc(F)c(F)c2C(F)(F)F)cc1S(=O)(=O)C1NCC2=C1CCC2. The van der Waals surface area contributed by atoms with Gasteiger partial charge in [0.25, 0.3) is 0 Å². The summed E-state index contributed by atoms with van der Waals surface area (Å²) in [4.78, 5) is -0.129. The van der Waals surface area contributed by atoms with Crippen LogP contribution in [0, 0.1) is 18.6 Å². The van der Waals surface area contributed by atoms with E-state index in [1.54, 1.807) is 6.92 Å². The molecule has 3 nitrogen and oxygen atoms in total. The number of aryl methyl sites for hydroxylation is 1. The van der Waals surface area contributed by atoms with Crippen LogP contribution in [-0.4, -0.2) is 20.3 Å². The van der Waals surface area contributed by atoms with Crippen molar-refractivity contribution in [3.05, 3.63) is 64.2 Å². The van der Waals surface area contributed by atoms with Gasteiger partial charge in [0.05, 0.1) is 4.90 Å². The molecule has 1 atom stereocenters. The normalized spacial score (nSPS) is 19.5. The minimum atomic E-state index is -5.15. The second-order valence-corrected chi connectivity index (χ2v) is 9.55. The number of hydrogen-bond acceptors (Lipinski definition) is 3. The first-order valence-corrected chi connectivity index (χ1v) is 10.9. The number of benzene rings is 2. The Morgan fingerprint density at radius 3 is 2.50 bits per heavy atom. The minimum Gasteiger partial charge on any atom is -0.294 e. The van der Waals surface area contributed by atoms with E-state index in [-0.39, 0.29) is 10.5 Å². The first kappa shape index (κ1) is 21.0. The Balaban J connectivity index is 1.86. The molecule has 0 amide bonds. The zero-order chi connectivity index (χ0) is 21.8. The van der Waals surface area contributed by atoms with Crippen LogP contribution < -0.4 is 5.32 Å². The van der Waals surface area contributed by atoms with Crippen LogP contribution in [0.15, 0.2) is 46.4 Å². The molecule has 1 N–H and O–H groups in total. The Hall–Kier alpha value is -2.26. The molecule has 160 valence electrons. The molecule has 1 heterocycles. The van der Waals surface area contributed by atoms with Gasteiger partial charge in [0.1, 0.15) is 10.9 Å². The molecule has 2 aromatic carbocycles. The third-order valence-electron chi connectivity index (χ3n) is 5.69. The van der Waals surface area contributed by atoms with Crippen molar-refractivity contribution in [2.24, 2.45) is 0 Å². The van der Waals surface area contributed by atoms with E-state index in [4.69, 9.17) is 0 Å². The summed E-state index contributed by atoms with van der Waals surface area (Å²) >= 11 is 0. The molecule has 0 aromatic heterocycles. The highest BCUT2D eigenvalue weighted by Crippen LogP contribution is 2.41. The number of alkyl halides is 3. The van der Waals surface area contributed by atoms with Gasteiger partial charge in [-0.15, -0.1) is 0 Å². The molecule has 1 aliphatic carbocycles. The van der Waals surface area contributed by atoms with Crippen molar-refractivity contribution in [2.45, 2.75) is 42.6 Å². The summed E-state index contributed by atoms with van der Waals surface area (Å²) < 4.78 is 94.5. The van der Waals surface area contributed by atoms with E-state index in [1.807, 2.05) is 0 Å². The van der Waals surface area contributed by atoms with Gasteiger partial charge in [0.15, 0.2) is 21.5 Å². The van der Waals surface area contributed by atoms with Gasteiger partial charge in [0, 0.05) is 6.54 Å². The van der Waals surface area contributed by atoms with Gasteiger partial charge in [-0.2, -0.15) is 13.2 Å². The smallest absolute Gasteiger partial charge is 0.294 e. The molecule has 2 aliphatic rings. The van der Waals surface area contributed by atoms with Crippen molar-refractivity contribution in [3.8, 4) is 11.1 Å². The van der Waals surface area contributed by atoms with Gasteiger partial charge in [-0.25, -0.2) is 17.2 Å². The minimum absolute atomic E-state index is 0.129. The molecule has 2 aromatic rings.